The van der Waals surface area contributed by atoms with Crippen molar-refractivity contribution in [3.8, 4) is 0 Å². The van der Waals surface area contributed by atoms with Crippen molar-refractivity contribution in [1.29, 1.82) is 0 Å². The van der Waals surface area contributed by atoms with E-state index in [4.69, 9.17) is 4.74 Å². The third-order valence-electron chi connectivity index (χ3n) is 2.79. The van der Waals surface area contributed by atoms with Gasteiger partial charge in [0.1, 0.15) is 0 Å². The molecule has 1 heterocycles. The number of hydrogen-bond acceptors (Lipinski definition) is 2. The van der Waals surface area contributed by atoms with E-state index in [1.54, 1.807) is 6.08 Å². The average molecular weight is 170 g/mol. The van der Waals surface area contributed by atoms with Crippen molar-refractivity contribution in [2.75, 3.05) is 0 Å². The van der Waals surface area contributed by atoms with Gasteiger partial charge in [0.15, 0.2) is 6.29 Å². The van der Waals surface area contributed by atoms with Gasteiger partial charge in [-0.15, -0.1) is 6.58 Å². The Labute approximate surface area is 74.2 Å². The van der Waals surface area contributed by atoms with Gasteiger partial charge in [-0.2, -0.15) is 0 Å². The monoisotopic (exact) mass is 170 g/mol. The first-order valence-corrected chi connectivity index (χ1v) is 4.49. The Kier molecular flexibility index (Phi) is 2.59. The molecule has 1 fully saturated rings. The molecule has 0 aromatic rings. The topological polar surface area (TPSA) is 29.5 Å². The summed E-state index contributed by atoms with van der Waals surface area (Å²) in [4.78, 5) is 0. The molecule has 12 heavy (non-hydrogen) atoms. The average Bonchev–Trinajstić information content (AvgIpc) is 2.27. The molecule has 0 amide bonds. The highest BCUT2D eigenvalue weighted by atomic mass is 16.6. The van der Waals surface area contributed by atoms with E-state index in [-0.39, 0.29) is 5.60 Å². The minimum atomic E-state index is -0.611. The van der Waals surface area contributed by atoms with Crippen LogP contribution in [0.3, 0.4) is 0 Å². The zero-order chi connectivity index (χ0) is 9.35. The molecule has 0 aromatic heterocycles. The van der Waals surface area contributed by atoms with Crippen molar-refractivity contribution in [1.82, 2.24) is 0 Å². The number of aliphatic hydroxyl groups is 1. The van der Waals surface area contributed by atoms with Crippen LogP contribution in [0, 0.1) is 11.8 Å². The maximum absolute atomic E-state index is 9.35. The van der Waals surface area contributed by atoms with Crippen molar-refractivity contribution in [2.24, 2.45) is 11.8 Å². The summed E-state index contributed by atoms with van der Waals surface area (Å²) in [6.07, 6.45) is 1.91. The number of aliphatic hydroxyl groups excluding tert-OH is 1. The summed E-state index contributed by atoms with van der Waals surface area (Å²) >= 11 is 0. The molecule has 0 aliphatic carbocycles. The fourth-order valence-electron chi connectivity index (χ4n) is 2.01. The van der Waals surface area contributed by atoms with E-state index in [2.05, 4.69) is 20.4 Å². The van der Waals surface area contributed by atoms with Gasteiger partial charge in [-0.1, -0.05) is 19.9 Å². The summed E-state index contributed by atoms with van der Waals surface area (Å²) in [6, 6.07) is 0. The molecule has 1 aliphatic heterocycles. The Balaban J connectivity index is 2.78. The van der Waals surface area contributed by atoms with E-state index >= 15 is 0 Å². The van der Waals surface area contributed by atoms with Gasteiger partial charge in [0.2, 0.25) is 0 Å². The van der Waals surface area contributed by atoms with E-state index in [0.717, 1.165) is 6.42 Å². The molecule has 1 aliphatic rings. The fraction of sp³-hybridized carbons (Fsp3) is 0.800. The lowest BCUT2D eigenvalue weighted by molar-refractivity contribution is -0.117. The van der Waals surface area contributed by atoms with Crippen LogP contribution in [0.1, 0.15) is 27.2 Å². The Bertz CT molecular complexity index is 177. The minimum Gasteiger partial charge on any atom is -0.368 e. The highest BCUT2D eigenvalue weighted by molar-refractivity contribution is 5.03. The number of rotatable bonds is 2. The van der Waals surface area contributed by atoms with E-state index < -0.39 is 6.29 Å². The summed E-state index contributed by atoms with van der Waals surface area (Å²) in [5.74, 6) is 0.898. The van der Waals surface area contributed by atoms with Crippen LogP contribution in [0.25, 0.3) is 0 Å². The lowest BCUT2D eigenvalue weighted by atomic mass is 9.81. The van der Waals surface area contributed by atoms with Crippen molar-refractivity contribution in [2.45, 2.75) is 39.1 Å². The van der Waals surface area contributed by atoms with Crippen LogP contribution in [0.5, 0.6) is 0 Å². The standard InChI is InChI=1S/C10H18O2/c1-5-10(4)8(7(2)3)6-9(11)12-10/h5,7-9,11H,1,6H2,2-4H3. The van der Waals surface area contributed by atoms with Crippen molar-refractivity contribution in [3.63, 3.8) is 0 Å². The van der Waals surface area contributed by atoms with E-state index in [1.807, 2.05) is 6.92 Å². The summed E-state index contributed by atoms with van der Waals surface area (Å²) in [6.45, 7) is 10.0. The lowest BCUT2D eigenvalue weighted by Gasteiger charge is -2.29. The Morgan fingerprint density at radius 3 is 2.58 bits per heavy atom. The quantitative estimate of drug-likeness (QED) is 0.642. The maximum atomic E-state index is 9.35. The van der Waals surface area contributed by atoms with Gasteiger partial charge in [0.05, 0.1) is 5.60 Å². The van der Waals surface area contributed by atoms with Crippen LogP contribution < -0.4 is 0 Å². The van der Waals surface area contributed by atoms with E-state index in [1.165, 1.54) is 0 Å². The van der Waals surface area contributed by atoms with Gasteiger partial charge in [-0.05, 0) is 18.8 Å². The predicted octanol–water partition coefficient (Wildman–Crippen LogP) is 1.94. The molecule has 0 spiro atoms. The molecule has 0 aromatic carbocycles. The largest absolute Gasteiger partial charge is 0.368 e. The zero-order valence-electron chi connectivity index (χ0n) is 8.08. The highest BCUT2D eigenvalue weighted by Gasteiger charge is 2.43. The van der Waals surface area contributed by atoms with E-state index in [0.29, 0.717) is 11.8 Å². The smallest absolute Gasteiger partial charge is 0.156 e. The molecular formula is C10H18O2. The number of ether oxygens (including phenoxy) is 1. The highest BCUT2D eigenvalue weighted by Crippen LogP contribution is 2.40. The first-order valence-electron chi connectivity index (χ1n) is 4.49. The van der Waals surface area contributed by atoms with Gasteiger partial charge in [-0.3, -0.25) is 0 Å². The molecule has 1 N–H and O–H groups in total. The minimum absolute atomic E-state index is 0.340. The van der Waals surface area contributed by atoms with Crippen molar-refractivity contribution in [3.05, 3.63) is 12.7 Å². The van der Waals surface area contributed by atoms with Crippen molar-refractivity contribution < 1.29 is 9.84 Å². The summed E-state index contributed by atoms with van der Waals surface area (Å²) in [5, 5.41) is 9.35. The summed E-state index contributed by atoms with van der Waals surface area (Å²) < 4.78 is 5.41. The molecule has 0 saturated carbocycles. The van der Waals surface area contributed by atoms with Crippen LogP contribution >= 0.6 is 0 Å². The predicted molar refractivity (Wildman–Crippen MR) is 48.6 cm³/mol. The normalized spacial score (nSPS) is 42.1. The molecule has 3 unspecified atom stereocenters. The van der Waals surface area contributed by atoms with E-state index in [9.17, 15) is 5.11 Å². The van der Waals surface area contributed by atoms with Crippen LogP contribution in [-0.4, -0.2) is 17.0 Å². The molecule has 1 saturated heterocycles. The second-order valence-electron chi connectivity index (χ2n) is 4.05. The third-order valence-corrected chi connectivity index (χ3v) is 2.79. The van der Waals surface area contributed by atoms with Crippen LogP contribution in [0.15, 0.2) is 12.7 Å². The maximum Gasteiger partial charge on any atom is 0.156 e. The molecule has 1 rings (SSSR count). The molecule has 3 atom stereocenters. The summed E-state index contributed by atoms with van der Waals surface area (Å²) in [5.41, 5.74) is -0.340. The Morgan fingerprint density at radius 2 is 2.25 bits per heavy atom. The molecule has 0 radical (unpaired) electrons. The molecular weight excluding hydrogens is 152 g/mol. The second-order valence-corrected chi connectivity index (χ2v) is 4.05. The number of hydrogen-bond donors (Lipinski definition) is 1. The van der Waals surface area contributed by atoms with Gasteiger partial charge >= 0.3 is 0 Å². The van der Waals surface area contributed by atoms with Gasteiger partial charge in [0, 0.05) is 6.42 Å². The van der Waals surface area contributed by atoms with Crippen LogP contribution in [-0.2, 0) is 4.74 Å². The molecule has 2 nitrogen and oxygen atoms in total. The third kappa shape index (κ3) is 1.54. The first-order chi connectivity index (χ1) is 5.49. The van der Waals surface area contributed by atoms with Gasteiger partial charge < -0.3 is 9.84 Å². The first kappa shape index (κ1) is 9.75. The Hall–Kier alpha value is -0.340. The zero-order valence-corrected chi connectivity index (χ0v) is 8.08. The fourth-order valence-corrected chi connectivity index (χ4v) is 2.01. The molecule has 0 bridgehead atoms. The molecule has 70 valence electrons. The van der Waals surface area contributed by atoms with Crippen LogP contribution in [0.4, 0.5) is 0 Å². The van der Waals surface area contributed by atoms with Crippen molar-refractivity contribution >= 4 is 0 Å². The molecule has 2 heteroatoms. The SMILES string of the molecule is C=CC1(C)OC(O)CC1C(C)C. The van der Waals surface area contributed by atoms with Gasteiger partial charge in [-0.25, -0.2) is 0 Å². The second kappa shape index (κ2) is 3.19. The van der Waals surface area contributed by atoms with Gasteiger partial charge in [0.25, 0.3) is 0 Å². The summed E-state index contributed by atoms with van der Waals surface area (Å²) in [7, 11) is 0. The Morgan fingerprint density at radius 1 is 1.67 bits per heavy atom. The van der Waals surface area contributed by atoms with Crippen LogP contribution in [0.2, 0.25) is 0 Å². The lowest BCUT2D eigenvalue weighted by Crippen LogP contribution is -2.32.